The van der Waals surface area contributed by atoms with Gasteiger partial charge >= 0.3 is 0 Å². The van der Waals surface area contributed by atoms with Gasteiger partial charge in [0.05, 0.1) is 0 Å². The fraction of sp³-hybridized carbons (Fsp3) is 0. The van der Waals surface area contributed by atoms with E-state index in [0.29, 0.717) is 33.5 Å². The van der Waals surface area contributed by atoms with Crippen LogP contribution in [0.25, 0.3) is 164 Å². The normalized spacial score (nSPS) is 13.0. The van der Waals surface area contributed by atoms with E-state index in [-0.39, 0.29) is 0 Å². The second kappa shape index (κ2) is 10.1. The summed E-state index contributed by atoms with van der Waals surface area (Å²) >= 11 is 0. The molecule has 6 heteroatoms. The summed E-state index contributed by atoms with van der Waals surface area (Å²) in [6.45, 7) is 0. The minimum absolute atomic E-state index is 0.705. The molecule has 0 unspecified atom stereocenters. The zero-order valence-corrected chi connectivity index (χ0v) is 31.3. The molecule has 16 rings (SSSR count). The Hall–Kier alpha value is -8.22. The third-order valence-electron chi connectivity index (χ3n) is 13.2. The van der Waals surface area contributed by atoms with Crippen LogP contribution in [0.3, 0.4) is 0 Å². The predicted octanol–water partition coefficient (Wildman–Crippen LogP) is 16.5. The van der Waals surface area contributed by atoms with Gasteiger partial charge in [-0.25, -0.2) is 0 Å². The highest BCUT2D eigenvalue weighted by Crippen LogP contribution is 2.58. The molecule has 0 radical (unpaired) electrons. The maximum atomic E-state index is 6.98. The third-order valence-corrected chi connectivity index (χ3v) is 13.2. The quantitative estimate of drug-likeness (QED) is 0.143. The van der Waals surface area contributed by atoms with Crippen molar-refractivity contribution in [2.24, 2.45) is 0 Å². The van der Waals surface area contributed by atoms with Gasteiger partial charge in [0, 0.05) is 97.0 Å². The first-order chi connectivity index (χ1) is 29.8. The van der Waals surface area contributed by atoms with Crippen molar-refractivity contribution < 1.29 is 26.5 Å². The molecule has 0 N–H and O–H groups in total. The summed E-state index contributed by atoms with van der Waals surface area (Å²) in [7, 11) is 0. The molecule has 0 fully saturated rings. The lowest BCUT2D eigenvalue weighted by atomic mass is 9.83. The van der Waals surface area contributed by atoms with E-state index in [4.69, 9.17) is 26.5 Å². The van der Waals surface area contributed by atoms with Crippen LogP contribution in [0.4, 0.5) is 0 Å². The Bertz CT molecular complexity index is 3860. The molecule has 0 aliphatic rings. The summed E-state index contributed by atoms with van der Waals surface area (Å²) in [6, 6.07) is 50.0. The van der Waals surface area contributed by atoms with Gasteiger partial charge in [-0.05, 0) is 36.4 Å². The summed E-state index contributed by atoms with van der Waals surface area (Å²) in [5.74, 6) is 0. The average Bonchev–Trinajstić information content (AvgIpc) is 4.14. The molecule has 10 aromatic carbocycles. The Morgan fingerprint density at radius 3 is 0.483 bits per heavy atom. The van der Waals surface area contributed by atoms with Crippen LogP contribution in [0, 0.1) is 0 Å². The first kappa shape index (κ1) is 29.9. The summed E-state index contributed by atoms with van der Waals surface area (Å²) in [5, 5.41) is 18.2. The monoisotopic (exact) mass is 768 g/mol. The highest BCUT2D eigenvalue weighted by molar-refractivity contribution is 6.56. The van der Waals surface area contributed by atoms with Crippen molar-refractivity contribution in [3.05, 3.63) is 146 Å². The van der Waals surface area contributed by atoms with Crippen molar-refractivity contribution in [2.75, 3.05) is 0 Å². The van der Waals surface area contributed by atoms with Gasteiger partial charge in [-0.15, -0.1) is 0 Å². The molecule has 0 spiro atoms. The molecule has 0 saturated heterocycles. The largest absolute Gasteiger partial charge is 0.452 e. The lowest BCUT2D eigenvalue weighted by molar-refractivity contribution is 0.633. The Morgan fingerprint density at radius 1 is 0.167 bits per heavy atom. The van der Waals surface area contributed by atoms with E-state index in [1.807, 2.05) is 72.8 Å². The first-order valence-corrected chi connectivity index (χ1v) is 20.2. The molecule has 276 valence electrons. The SMILES string of the molecule is c1ccc2c(c1)oc1c3oc4ccccc4c3c3c(c21)c1c2c4ccccc4oc2c2oc4ccccc4c2c1c1c2c4ccccc4oc2c2oc4ccccc4c2c31. The molecular formula is C54H24O6. The number of hydrogen-bond donors (Lipinski definition) is 0. The molecule has 6 nitrogen and oxygen atoms in total. The third kappa shape index (κ3) is 3.29. The number of benzene rings is 10. The zero-order valence-electron chi connectivity index (χ0n) is 31.3. The van der Waals surface area contributed by atoms with E-state index in [2.05, 4.69) is 72.8 Å². The molecule has 0 aliphatic carbocycles. The van der Waals surface area contributed by atoms with Crippen LogP contribution < -0.4 is 0 Å². The topological polar surface area (TPSA) is 78.8 Å². The number of para-hydroxylation sites is 6. The smallest absolute Gasteiger partial charge is 0.179 e. The van der Waals surface area contributed by atoms with Crippen LogP contribution in [0.1, 0.15) is 0 Å². The molecule has 0 atom stereocenters. The van der Waals surface area contributed by atoms with Gasteiger partial charge in [0.15, 0.2) is 33.5 Å². The lowest BCUT2D eigenvalue weighted by Crippen LogP contribution is -1.90. The number of furan rings is 6. The van der Waals surface area contributed by atoms with E-state index in [9.17, 15) is 0 Å². The van der Waals surface area contributed by atoms with Gasteiger partial charge in [0.1, 0.15) is 33.5 Å². The Labute approximate surface area is 334 Å². The van der Waals surface area contributed by atoms with Gasteiger partial charge in [0.2, 0.25) is 0 Å². The van der Waals surface area contributed by atoms with Crippen LogP contribution in [0.2, 0.25) is 0 Å². The van der Waals surface area contributed by atoms with Gasteiger partial charge in [-0.3, -0.25) is 0 Å². The summed E-state index contributed by atoms with van der Waals surface area (Å²) in [4.78, 5) is 0. The molecule has 0 bridgehead atoms. The van der Waals surface area contributed by atoms with Crippen LogP contribution in [0.5, 0.6) is 0 Å². The predicted molar refractivity (Wildman–Crippen MR) is 243 cm³/mol. The summed E-state index contributed by atoms with van der Waals surface area (Å²) in [6.07, 6.45) is 0. The van der Waals surface area contributed by atoms with Gasteiger partial charge in [-0.1, -0.05) is 109 Å². The van der Waals surface area contributed by atoms with Crippen molar-refractivity contribution in [3.63, 3.8) is 0 Å². The molecule has 6 aromatic heterocycles. The standard InChI is InChI=1S/C54H24O6/c1-7-19-31-25(13-1)37-43-44(38-26-14-2-8-20-32(26)56-50(38)49(37)55-31)46-40-28-16-4-11-23-35(28)59-53(40)54-42(30-18-6-12-24-36(30)60-54)48(46)47-41-29-17-5-10-22-34(29)58-52(41)51-39(45(43)47)27-15-3-9-21-33(27)57-51/h1-24H. The van der Waals surface area contributed by atoms with Crippen LogP contribution >= 0.6 is 0 Å². The van der Waals surface area contributed by atoms with Gasteiger partial charge in [-0.2, -0.15) is 0 Å². The average molecular weight is 769 g/mol. The molecule has 6 heterocycles. The van der Waals surface area contributed by atoms with E-state index in [1.54, 1.807) is 0 Å². The first-order valence-electron chi connectivity index (χ1n) is 20.2. The molecule has 60 heavy (non-hydrogen) atoms. The van der Waals surface area contributed by atoms with E-state index in [0.717, 1.165) is 130 Å². The Balaban J connectivity index is 1.44. The molecule has 16 aromatic rings. The van der Waals surface area contributed by atoms with Gasteiger partial charge in [0.25, 0.3) is 0 Å². The van der Waals surface area contributed by atoms with Gasteiger partial charge < -0.3 is 26.5 Å². The summed E-state index contributed by atoms with van der Waals surface area (Å²) < 4.78 is 41.9. The second-order valence-corrected chi connectivity index (χ2v) is 16.1. The van der Waals surface area contributed by atoms with Crippen molar-refractivity contribution in [3.8, 4) is 0 Å². The summed E-state index contributed by atoms with van der Waals surface area (Å²) in [5.41, 5.74) is 8.95. The Morgan fingerprint density at radius 2 is 0.317 bits per heavy atom. The van der Waals surface area contributed by atoms with Crippen LogP contribution in [-0.2, 0) is 0 Å². The molecule has 0 amide bonds. The van der Waals surface area contributed by atoms with Crippen molar-refractivity contribution in [1.82, 2.24) is 0 Å². The highest BCUT2D eigenvalue weighted by atomic mass is 16.4. The van der Waals surface area contributed by atoms with Crippen molar-refractivity contribution in [1.29, 1.82) is 0 Å². The maximum Gasteiger partial charge on any atom is 0.179 e. The minimum Gasteiger partial charge on any atom is -0.452 e. The second-order valence-electron chi connectivity index (χ2n) is 16.1. The van der Waals surface area contributed by atoms with Crippen molar-refractivity contribution in [2.45, 2.75) is 0 Å². The molecule has 0 aliphatic heterocycles. The van der Waals surface area contributed by atoms with E-state index in [1.165, 1.54) is 0 Å². The molecular weight excluding hydrogens is 745 g/mol. The minimum atomic E-state index is 0.705. The maximum absolute atomic E-state index is 6.98. The Kier molecular flexibility index (Phi) is 5.03. The number of fused-ring (bicyclic) bond motifs is 33. The number of rotatable bonds is 0. The van der Waals surface area contributed by atoms with E-state index >= 15 is 0 Å². The molecule has 0 saturated carbocycles. The zero-order chi connectivity index (χ0) is 38.5. The van der Waals surface area contributed by atoms with E-state index < -0.39 is 0 Å². The van der Waals surface area contributed by atoms with Crippen molar-refractivity contribution >= 4 is 164 Å². The number of hydrogen-bond acceptors (Lipinski definition) is 6. The van der Waals surface area contributed by atoms with Crippen LogP contribution in [0.15, 0.2) is 172 Å². The lowest BCUT2D eigenvalue weighted by Gasteiger charge is -2.16. The fourth-order valence-electron chi connectivity index (χ4n) is 11.0. The van der Waals surface area contributed by atoms with Crippen LogP contribution in [-0.4, -0.2) is 0 Å². The fourth-order valence-corrected chi connectivity index (χ4v) is 11.0. The highest BCUT2D eigenvalue weighted by Gasteiger charge is 2.33.